The molecule has 0 aromatic heterocycles. The third-order valence-electron chi connectivity index (χ3n) is 5.48. The monoisotopic (exact) mass is 296 g/mol. The number of nitrogens with one attached hydrogen (secondary N) is 1. The van der Waals surface area contributed by atoms with Crippen LogP contribution in [-0.2, 0) is 9.59 Å². The molecule has 120 valence electrons. The highest BCUT2D eigenvalue weighted by atomic mass is 16.4. The van der Waals surface area contributed by atoms with Gasteiger partial charge in [-0.2, -0.15) is 0 Å². The number of hydrogen-bond donors (Lipinski definition) is 3. The van der Waals surface area contributed by atoms with Gasteiger partial charge >= 0.3 is 5.97 Å². The summed E-state index contributed by atoms with van der Waals surface area (Å²) in [6, 6.07) is 0.0396. The molecule has 2 aliphatic carbocycles. The highest BCUT2D eigenvalue weighted by molar-refractivity contribution is 5.80. The molecule has 0 aliphatic heterocycles. The largest absolute Gasteiger partial charge is 0.481 e. The summed E-state index contributed by atoms with van der Waals surface area (Å²) >= 11 is 0. The Morgan fingerprint density at radius 1 is 1.29 bits per heavy atom. The predicted molar refractivity (Wildman–Crippen MR) is 80.6 cm³/mol. The molecule has 2 rings (SSSR count). The molecule has 2 saturated carbocycles. The lowest BCUT2D eigenvalue weighted by Gasteiger charge is -2.27. The average molecular weight is 296 g/mol. The second-order valence-corrected chi connectivity index (χ2v) is 6.72. The van der Waals surface area contributed by atoms with E-state index in [0.29, 0.717) is 30.7 Å². The summed E-state index contributed by atoms with van der Waals surface area (Å²) in [6.07, 6.45) is 6.16. The molecule has 5 heteroatoms. The Morgan fingerprint density at radius 3 is 2.57 bits per heavy atom. The van der Waals surface area contributed by atoms with E-state index in [9.17, 15) is 9.59 Å². The summed E-state index contributed by atoms with van der Waals surface area (Å²) in [5.41, 5.74) is 6.18. The number of aliphatic carboxylic acids is 1. The van der Waals surface area contributed by atoms with Crippen LogP contribution in [0, 0.1) is 23.7 Å². The van der Waals surface area contributed by atoms with Gasteiger partial charge in [-0.3, -0.25) is 9.59 Å². The quantitative estimate of drug-likeness (QED) is 0.636. The highest BCUT2D eigenvalue weighted by Gasteiger charge is 2.48. The molecule has 1 amide bonds. The second kappa shape index (κ2) is 7.25. The van der Waals surface area contributed by atoms with Gasteiger partial charge in [-0.05, 0) is 49.9 Å². The van der Waals surface area contributed by atoms with Crippen molar-refractivity contribution in [1.82, 2.24) is 5.32 Å². The normalized spacial score (nSPS) is 32.1. The zero-order valence-electron chi connectivity index (χ0n) is 12.9. The maximum Gasteiger partial charge on any atom is 0.303 e. The Labute approximate surface area is 126 Å². The van der Waals surface area contributed by atoms with Gasteiger partial charge in [-0.25, -0.2) is 0 Å². The van der Waals surface area contributed by atoms with Crippen molar-refractivity contribution in [1.29, 1.82) is 0 Å². The van der Waals surface area contributed by atoms with Crippen LogP contribution in [0.1, 0.15) is 51.9 Å². The van der Waals surface area contributed by atoms with Crippen molar-refractivity contribution >= 4 is 11.9 Å². The Morgan fingerprint density at radius 2 is 2.00 bits per heavy atom. The molecule has 5 nitrogen and oxygen atoms in total. The maximum atomic E-state index is 12.3. The molecule has 5 atom stereocenters. The summed E-state index contributed by atoms with van der Waals surface area (Å²) in [5.74, 6) is 0.773. The summed E-state index contributed by atoms with van der Waals surface area (Å²) in [4.78, 5) is 22.9. The highest BCUT2D eigenvalue weighted by Crippen LogP contribution is 2.47. The van der Waals surface area contributed by atoms with Crippen molar-refractivity contribution in [3.63, 3.8) is 0 Å². The molecular weight excluding hydrogens is 268 g/mol. The van der Waals surface area contributed by atoms with Gasteiger partial charge in [0, 0.05) is 19.0 Å². The van der Waals surface area contributed by atoms with Crippen LogP contribution >= 0.6 is 0 Å². The number of carboxylic acids is 1. The van der Waals surface area contributed by atoms with Crippen molar-refractivity contribution in [2.75, 3.05) is 6.54 Å². The summed E-state index contributed by atoms with van der Waals surface area (Å²) in [6.45, 7) is 2.71. The lowest BCUT2D eigenvalue weighted by atomic mass is 9.84. The van der Waals surface area contributed by atoms with Crippen LogP contribution in [0.2, 0.25) is 0 Å². The molecular formula is C16H28N2O3. The number of nitrogens with two attached hydrogens (primary N) is 1. The third kappa shape index (κ3) is 3.96. The molecule has 4 N–H and O–H groups in total. The zero-order valence-corrected chi connectivity index (χ0v) is 12.9. The van der Waals surface area contributed by atoms with E-state index in [4.69, 9.17) is 10.8 Å². The molecule has 2 aliphatic rings. The average Bonchev–Trinajstić information content (AvgIpc) is 3.02. The Bertz CT molecular complexity index is 384. The molecule has 0 spiro atoms. The van der Waals surface area contributed by atoms with E-state index in [0.717, 1.165) is 25.7 Å². The molecule has 0 aromatic carbocycles. The van der Waals surface area contributed by atoms with Crippen molar-refractivity contribution in [2.24, 2.45) is 29.4 Å². The number of fused-ring (bicyclic) bond motifs is 2. The smallest absolute Gasteiger partial charge is 0.303 e. The Kier molecular flexibility index (Phi) is 5.62. The first-order valence-electron chi connectivity index (χ1n) is 8.28. The Hall–Kier alpha value is -1.10. The fourth-order valence-corrected chi connectivity index (χ4v) is 4.12. The van der Waals surface area contributed by atoms with Crippen molar-refractivity contribution in [3.8, 4) is 0 Å². The molecule has 0 saturated heterocycles. The molecule has 2 fully saturated rings. The van der Waals surface area contributed by atoms with E-state index >= 15 is 0 Å². The van der Waals surface area contributed by atoms with E-state index in [1.165, 1.54) is 6.42 Å². The first-order valence-corrected chi connectivity index (χ1v) is 8.28. The van der Waals surface area contributed by atoms with Crippen molar-refractivity contribution in [3.05, 3.63) is 0 Å². The van der Waals surface area contributed by atoms with Gasteiger partial charge in [0.1, 0.15) is 0 Å². The maximum absolute atomic E-state index is 12.3. The predicted octanol–water partition coefficient (Wildman–Crippen LogP) is 1.76. The Balaban J connectivity index is 1.70. The minimum atomic E-state index is -0.745. The SMILES string of the molecule is CCC(CCNC(=O)C1C2CCC(C2)C1N)CCC(=O)O. The second-order valence-electron chi connectivity index (χ2n) is 6.72. The summed E-state index contributed by atoms with van der Waals surface area (Å²) in [5, 5.41) is 11.7. The van der Waals surface area contributed by atoms with Gasteiger partial charge in [0.25, 0.3) is 0 Å². The van der Waals surface area contributed by atoms with Gasteiger partial charge in [-0.15, -0.1) is 0 Å². The number of carbonyl (C=O) groups excluding carboxylic acids is 1. The van der Waals surface area contributed by atoms with E-state index in [1.807, 2.05) is 0 Å². The van der Waals surface area contributed by atoms with Gasteiger partial charge in [0.05, 0.1) is 5.92 Å². The van der Waals surface area contributed by atoms with Crippen LogP contribution in [0.4, 0.5) is 0 Å². The lowest BCUT2D eigenvalue weighted by Crippen LogP contribution is -2.45. The van der Waals surface area contributed by atoms with Crippen molar-refractivity contribution in [2.45, 2.75) is 57.9 Å². The number of amides is 1. The lowest BCUT2D eigenvalue weighted by molar-refractivity contribution is -0.137. The van der Waals surface area contributed by atoms with Crippen LogP contribution in [0.5, 0.6) is 0 Å². The summed E-state index contributed by atoms with van der Waals surface area (Å²) < 4.78 is 0. The number of carboxylic acid groups (broad SMARTS) is 1. The molecule has 0 aromatic rings. The molecule has 2 bridgehead atoms. The first-order chi connectivity index (χ1) is 10.0. The minimum Gasteiger partial charge on any atom is -0.481 e. The molecule has 21 heavy (non-hydrogen) atoms. The number of hydrogen-bond acceptors (Lipinski definition) is 3. The van der Waals surface area contributed by atoms with Crippen molar-refractivity contribution < 1.29 is 14.7 Å². The van der Waals surface area contributed by atoms with E-state index in [2.05, 4.69) is 12.2 Å². The number of rotatable bonds is 8. The standard InChI is InChI=1S/C16H28N2O3/c1-2-10(3-6-13(19)20)7-8-18-16(21)14-11-4-5-12(9-11)15(14)17/h10-12,14-15H,2-9,17H2,1H3,(H,18,21)(H,19,20). The zero-order chi connectivity index (χ0) is 15.4. The fourth-order valence-electron chi connectivity index (χ4n) is 4.12. The summed E-state index contributed by atoms with van der Waals surface area (Å²) in [7, 11) is 0. The van der Waals surface area contributed by atoms with Gasteiger partial charge in [0.15, 0.2) is 0 Å². The van der Waals surface area contributed by atoms with E-state index in [1.54, 1.807) is 0 Å². The van der Waals surface area contributed by atoms with E-state index in [-0.39, 0.29) is 24.3 Å². The van der Waals surface area contributed by atoms with Crippen LogP contribution in [0.25, 0.3) is 0 Å². The molecule has 0 radical (unpaired) electrons. The number of carbonyl (C=O) groups is 2. The van der Waals surface area contributed by atoms with Gasteiger partial charge in [-0.1, -0.05) is 13.3 Å². The van der Waals surface area contributed by atoms with Crippen LogP contribution in [-0.4, -0.2) is 29.6 Å². The van der Waals surface area contributed by atoms with Crippen LogP contribution < -0.4 is 11.1 Å². The minimum absolute atomic E-state index is 0.00264. The first kappa shape index (κ1) is 16.3. The van der Waals surface area contributed by atoms with E-state index < -0.39 is 5.97 Å². The van der Waals surface area contributed by atoms with Crippen LogP contribution in [0.15, 0.2) is 0 Å². The molecule has 5 unspecified atom stereocenters. The van der Waals surface area contributed by atoms with Gasteiger partial charge < -0.3 is 16.2 Å². The molecule has 0 heterocycles. The third-order valence-corrected chi connectivity index (χ3v) is 5.48. The topological polar surface area (TPSA) is 92.4 Å². The van der Waals surface area contributed by atoms with Crippen LogP contribution in [0.3, 0.4) is 0 Å². The fraction of sp³-hybridized carbons (Fsp3) is 0.875. The van der Waals surface area contributed by atoms with Gasteiger partial charge in [0.2, 0.25) is 5.91 Å².